The third-order valence-corrected chi connectivity index (χ3v) is 1.71. The summed E-state index contributed by atoms with van der Waals surface area (Å²) in [5.74, 6) is 0.336. The second-order valence-electron chi connectivity index (χ2n) is 2.86. The van der Waals surface area contributed by atoms with Crippen molar-refractivity contribution >= 4 is 17.5 Å². The highest BCUT2D eigenvalue weighted by Crippen LogP contribution is 2.13. The highest BCUT2D eigenvalue weighted by atomic mass is 16.5. The molecule has 0 bridgehead atoms. The smallest absolute Gasteiger partial charge is 0.307 e. The summed E-state index contributed by atoms with van der Waals surface area (Å²) in [7, 11) is 3.14. The fourth-order valence-corrected chi connectivity index (χ4v) is 1.03. The van der Waals surface area contributed by atoms with E-state index in [1.54, 1.807) is 17.9 Å². The van der Waals surface area contributed by atoms with Crippen LogP contribution in [-0.4, -0.2) is 29.4 Å². The summed E-state index contributed by atoms with van der Waals surface area (Å²) in [5, 5.41) is 7.00. The predicted molar refractivity (Wildman–Crippen MR) is 52.7 cm³/mol. The van der Waals surface area contributed by atoms with Gasteiger partial charge in [0, 0.05) is 19.8 Å². The Morgan fingerprint density at radius 2 is 2.50 bits per heavy atom. The first-order valence-corrected chi connectivity index (χ1v) is 4.23. The van der Waals surface area contributed by atoms with Crippen molar-refractivity contribution in [3.05, 3.63) is 6.20 Å². The number of ether oxygens (including phenoxy) is 1. The number of nitrogen functional groups attached to an aromatic ring is 1. The number of nitrogens with two attached hydrogens (primary N) is 1. The Morgan fingerprint density at radius 1 is 1.79 bits per heavy atom. The largest absolute Gasteiger partial charge is 0.469 e. The van der Waals surface area contributed by atoms with Gasteiger partial charge in [0.2, 0.25) is 0 Å². The topological polar surface area (TPSA) is 82.2 Å². The van der Waals surface area contributed by atoms with Crippen LogP contribution in [0.15, 0.2) is 6.20 Å². The molecule has 0 unspecified atom stereocenters. The maximum absolute atomic E-state index is 10.8. The highest BCUT2D eigenvalue weighted by molar-refractivity contribution is 5.70. The number of anilines is 2. The van der Waals surface area contributed by atoms with Crippen molar-refractivity contribution in [1.29, 1.82) is 0 Å². The van der Waals surface area contributed by atoms with Crippen molar-refractivity contribution in [2.45, 2.75) is 6.42 Å². The Bertz CT molecular complexity index is 321. The molecule has 14 heavy (non-hydrogen) atoms. The van der Waals surface area contributed by atoms with Gasteiger partial charge in [-0.1, -0.05) is 0 Å². The van der Waals surface area contributed by atoms with Crippen LogP contribution in [0.5, 0.6) is 0 Å². The lowest BCUT2D eigenvalue weighted by Crippen LogP contribution is -2.10. The molecule has 0 atom stereocenters. The zero-order chi connectivity index (χ0) is 10.6. The molecule has 0 radical (unpaired) electrons. The maximum Gasteiger partial charge on any atom is 0.307 e. The first-order chi connectivity index (χ1) is 6.63. The van der Waals surface area contributed by atoms with Crippen molar-refractivity contribution in [2.24, 2.45) is 7.05 Å². The van der Waals surface area contributed by atoms with Gasteiger partial charge in [-0.15, -0.1) is 0 Å². The van der Waals surface area contributed by atoms with E-state index in [2.05, 4.69) is 15.2 Å². The average Bonchev–Trinajstić information content (AvgIpc) is 2.45. The highest BCUT2D eigenvalue weighted by Gasteiger charge is 2.04. The third-order valence-electron chi connectivity index (χ3n) is 1.71. The minimum atomic E-state index is -0.257. The molecule has 0 spiro atoms. The van der Waals surface area contributed by atoms with E-state index in [-0.39, 0.29) is 5.97 Å². The molecule has 0 aliphatic rings. The number of carbonyl (C=O) groups excluding carboxylic acids is 1. The first-order valence-electron chi connectivity index (χ1n) is 4.23. The summed E-state index contributed by atoms with van der Waals surface area (Å²) in [6, 6.07) is 0. The van der Waals surface area contributed by atoms with Crippen LogP contribution in [0.3, 0.4) is 0 Å². The van der Waals surface area contributed by atoms with Crippen molar-refractivity contribution in [3.8, 4) is 0 Å². The van der Waals surface area contributed by atoms with E-state index in [4.69, 9.17) is 5.73 Å². The standard InChI is InChI=1S/C8H14N4O2/c1-12-5-6(9)8(11-12)10-4-3-7(13)14-2/h5H,3-4,9H2,1-2H3,(H,10,11). The molecule has 1 aromatic rings. The van der Waals surface area contributed by atoms with E-state index < -0.39 is 0 Å². The molecule has 1 heterocycles. The second-order valence-corrected chi connectivity index (χ2v) is 2.86. The van der Waals surface area contributed by atoms with Crippen molar-refractivity contribution in [1.82, 2.24) is 9.78 Å². The minimum absolute atomic E-state index is 0.257. The van der Waals surface area contributed by atoms with Crippen LogP contribution >= 0.6 is 0 Å². The van der Waals surface area contributed by atoms with Gasteiger partial charge in [0.15, 0.2) is 5.82 Å². The van der Waals surface area contributed by atoms with E-state index in [1.165, 1.54) is 7.11 Å². The number of hydrogen-bond donors (Lipinski definition) is 2. The lowest BCUT2D eigenvalue weighted by atomic mass is 10.4. The van der Waals surface area contributed by atoms with E-state index in [0.29, 0.717) is 24.5 Å². The molecule has 1 rings (SSSR count). The molecule has 0 aliphatic heterocycles. The first kappa shape index (κ1) is 10.4. The Hall–Kier alpha value is -1.72. The van der Waals surface area contributed by atoms with Crippen molar-refractivity contribution in [2.75, 3.05) is 24.7 Å². The van der Waals surface area contributed by atoms with E-state index in [1.807, 2.05) is 0 Å². The number of aromatic nitrogens is 2. The summed E-state index contributed by atoms with van der Waals surface area (Å²) in [4.78, 5) is 10.8. The van der Waals surface area contributed by atoms with Crippen LogP contribution in [-0.2, 0) is 16.6 Å². The second kappa shape index (κ2) is 4.50. The number of nitrogens with one attached hydrogen (secondary N) is 1. The zero-order valence-corrected chi connectivity index (χ0v) is 8.28. The Balaban J connectivity index is 2.38. The molecule has 6 heteroatoms. The molecule has 6 nitrogen and oxygen atoms in total. The molecule has 0 amide bonds. The van der Waals surface area contributed by atoms with Crippen LogP contribution in [0.2, 0.25) is 0 Å². The molecule has 0 aromatic carbocycles. The summed E-state index contributed by atoms with van der Waals surface area (Å²) in [6.07, 6.45) is 1.99. The van der Waals surface area contributed by atoms with Gasteiger partial charge in [0.05, 0.1) is 19.2 Å². The zero-order valence-electron chi connectivity index (χ0n) is 8.28. The molecule has 0 fully saturated rings. The number of esters is 1. The fraction of sp³-hybridized carbons (Fsp3) is 0.500. The number of carbonyl (C=O) groups is 1. The van der Waals surface area contributed by atoms with E-state index in [0.717, 1.165) is 0 Å². The fourth-order valence-electron chi connectivity index (χ4n) is 1.03. The summed E-state index contributed by atoms with van der Waals surface area (Å²) < 4.78 is 6.09. The van der Waals surface area contributed by atoms with Crippen LogP contribution in [0.25, 0.3) is 0 Å². The SMILES string of the molecule is COC(=O)CCNc1nn(C)cc1N. The molecule has 1 aromatic heterocycles. The Kier molecular flexibility index (Phi) is 3.33. The predicted octanol–water partition coefficient (Wildman–Crippen LogP) is -0.0227. The van der Waals surface area contributed by atoms with Crippen LogP contribution in [0.4, 0.5) is 11.5 Å². The molecule has 0 saturated carbocycles. The minimum Gasteiger partial charge on any atom is -0.469 e. The number of nitrogens with zero attached hydrogens (tertiary/aromatic N) is 2. The molecule has 78 valence electrons. The van der Waals surface area contributed by atoms with Gasteiger partial charge >= 0.3 is 5.97 Å². The van der Waals surface area contributed by atoms with E-state index in [9.17, 15) is 4.79 Å². The molecule has 3 N–H and O–H groups in total. The van der Waals surface area contributed by atoms with Gasteiger partial charge in [-0.2, -0.15) is 5.10 Å². The Labute approximate surface area is 82.0 Å². The van der Waals surface area contributed by atoms with Crippen molar-refractivity contribution < 1.29 is 9.53 Å². The summed E-state index contributed by atoms with van der Waals surface area (Å²) in [6.45, 7) is 0.466. The number of aryl methyl sites for hydroxylation is 1. The van der Waals surface area contributed by atoms with Crippen LogP contribution in [0.1, 0.15) is 6.42 Å². The summed E-state index contributed by atoms with van der Waals surface area (Å²) >= 11 is 0. The maximum atomic E-state index is 10.8. The normalized spacial score (nSPS) is 9.86. The third kappa shape index (κ3) is 2.65. The van der Waals surface area contributed by atoms with Gasteiger partial charge < -0.3 is 15.8 Å². The van der Waals surface area contributed by atoms with Gasteiger partial charge in [-0.05, 0) is 0 Å². The van der Waals surface area contributed by atoms with E-state index >= 15 is 0 Å². The van der Waals surface area contributed by atoms with Gasteiger partial charge in [0.1, 0.15) is 0 Å². The number of rotatable bonds is 4. The molecule has 0 aliphatic carbocycles. The van der Waals surface area contributed by atoms with Crippen LogP contribution < -0.4 is 11.1 Å². The quantitative estimate of drug-likeness (QED) is 0.664. The molecule has 0 saturated heterocycles. The van der Waals surface area contributed by atoms with Gasteiger partial charge in [0.25, 0.3) is 0 Å². The Morgan fingerprint density at radius 3 is 3.00 bits per heavy atom. The van der Waals surface area contributed by atoms with Gasteiger partial charge in [-0.3, -0.25) is 9.48 Å². The summed E-state index contributed by atoms with van der Waals surface area (Å²) in [5.41, 5.74) is 6.20. The van der Waals surface area contributed by atoms with Gasteiger partial charge in [-0.25, -0.2) is 0 Å². The molecular weight excluding hydrogens is 184 g/mol. The average molecular weight is 198 g/mol. The number of methoxy groups -OCH3 is 1. The lowest BCUT2D eigenvalue weighted by Gasteiger charge is -2.02. The monoisotopic (exact) mass is 198 g/mol. The molecular formula is C8H14N4O2. The van der Waals surface area contributed by atoms with Crippen molar-refractivity contribution in [3.63, 3.8) is 0 Å². The van der Waals surface area contributed by atoms with Crippen LogP contribution in [0, 0.1) is 0 Å². The number of hydrogen-bond acceptors (Lipinski definition) is 5. The lowest BCUT2D eigenvalue weighted by molar-refractivity contribution is -0.140.